The molecule has 0 spiro atoms. The van der Waals surface area contributed by atoms with Gasteiger partial charge in [0.05, 0.1) is 22.0 Å². The predicted molar refractivity (Wildman–Crippen MR) is 83.0 cm³/mol. The zero-order valence-corrected chi connectivity index (χ0v) is 13.5. The maximum absolute atomic E-state index is 12.4. The van der Waals surface area contributed by atoms with Gasteiger partial charge in [-0.25, -0.2) is 8.42 Å². The van der Waals surface area contributed by atoms with Crippen LogP contribution in [0.1, 0.15) is 19.4 Å². The Bertz CT molecular complexity index is 580. The van der Waals surface area contributed by atoms with E-state index in [0.717, 1.165) is 5.56 Å². The highest BCUT2D eigenvalue weighted by Crippen LogP contribution is 2.22. The topological polar surface area (TPSA) is 83.6 Å². The maximum atomic E-state index is 12.4. The van der Waals surface area contributed by atoms with Gasteiger partial charge < -0.3 is 10.8 Å². The number of hydrogen-bond acceptors (Lipinski definition) is 4. The van der Waals surface area contributed by atoms with Crippen LogP contribution in [0.15, 0.2) is 29.2 Å². The summed E-state index contributed by atoms with van der Waals surface area (Å²) in [7, 11) is -2.19. The molecule has 1 aromatic carbocycles. The first kappa shape index (κ1) is 17.0. The molecule has 0 aliphatic rings. The quantitative estimate of drug-likeness (QED) is 0.762. The summed E-state index contributed by atoms with van der Waals surface area (Å²) in [6.45, 7) is 3.06. The lowest BCUT2D eigenvalue weighted by atomic mass is 10.1. The summed E-state index contributed by atoms with van der Waals surface area (Å²) >= 11 is 4.81. The summed E-state index contributed by atoms with van der Waals surface area (Å²) in [5.74, 6) is 0. The Labute approximate surface area is 125 Å². The molecule has 0 atom stereocenters. The van der Waals surface area contributed by atoms with E-state index in [1.807, 2.05) is 0 Å². The lowest BCUT2D eigenvalue weighted by Crippen LogP contribution is -2.47. The molecule has 0 saturated heterocycles. The van der Waals surface area contributed by atoms with Gasteiger partial charge in [0.25, 0.3) is 0 Å². The van der Waals surface area contributed by atoms with Gasteiger partial charge in [-0.2, -0.15) is 4.31 Å². The van der Waals surface area contributed by atoms with Gasteiger partial charge in [0.15, 0.2) is 0 Å². The van der Waals surface area contributed by atoms with E-state index in [-0.39, 0.29) is 11.5 Å². The summed E-state index contributed by atoms with van der Waals surface area (Å²) in [5, 5.41) is 9.28. The molecule has 0 unspecified atom stereocenters. The van der Waals surface area contributed by atoms with Crippen LogP contribution in [0.5, 0.6) is 0 Å². The molecule has 3 N–H and O–H groups in total. The highest BCUT2D eigenvalue weighted by molar-refractivity contribution is 7.89. The van der Waals surface area contributed by atoms with Crippen LogP contribution in [0.3, 0.4) is 0 Å². The van der Waals surface area contributed by atoms with Crippen LogP contribution in [0.4, 0.5) is 0 Å². The van der Waals surface area contributed by atoms with Crippen molar-refractivity contribution in [3.05, 3.63) is 29.8 Å². The molecule has 0 saturated carbocycles. The van der Waals surface area contributed by atoms with Gasteiger partial charge in [-0.15, -0.1) is 0 Å². The molecular formula is C13H20N2O3S2. The summed E-state index contributed by atoms with van der Waals surface area (Å²) < 4.78 is 26.0. The van der Waals surface area contributed by atoms with Gasteiger partial charge in [0.1, 0.15) is 0 Å². The molecule has 112 valence electrons. The van der Waals surface area contributed by atoms with Crippen molar-refractivity contribution in [3.8, 4) is 0 Å². The Morgan fingerprint density at radius 2 is 1.85 bits per heavy atom. The van der Waals surface area contributed by atoms with Gasteiger partial charge in [-0.05, 0) is 31.5 Å². The number of nitrogens with two attached hydrogens (primary N) is 1. The molecule has 1 rings (SSSR count). The Kier molecular flexibility index (Phi) is 5.26. The van der Waals surface area contributed by atoms with Crippen molar-refractivity contribution >= 4 is 27.2 Å². The van der Waals surface area contributed by atoms with Gasteiger partial charge in [0.2, 0.25) is 10.0 Å². The molecule has 0 aliphatic carbocycles. The number of likely N-dealkylation sites (N-methyl/N-ethyl adjacent to an activating group) is 1. The molecule has 0 heterocycles. The average Bonchev–Trinajstić information content (AvgIpc) is 2.37. The fourth-order valence-corrected chi connectivity index (χ4v) is 3.23. The van der Waals surface area contributed by atoms with Crippen molar-refractivity contribution in [1.82, 2.24) is 4.31 Å². The molecular weight excluding hydrogens is 296 g/mol. The number of rotatable bonds is 6. The summed E-state index contributed by atoms with van der Waals surface area (Å²) in [6, 6.07) is 6.41. The smallest absolute Gasteiger partial charge is 0.243 e. The molecule has 0 bridgehead atoms. The van der Waals surface area contributed by atoms with Gasteiger partial charge >= 0.3 is 0 Å². The van der Waals surface area contributed by atoms with E-state index in [1.54, 1.807) is 26.0 Å². The second kappa shape index (κ2) is 6.17. The van der Waals surface area contributed by atoms with Gasteiger partial charge in [-0.1, -0.05) is 24.4 Å². The molecule has 0 aromatic heterocycles. The van der Waals surface area contributed by atoms with E-state index in [0.29, 0.717) is 11.4 Å². The number of hydrogen-bond donors (Lipinski definition) is 2. The molecule has 0 amide bonds. The fourth-order valence-electron chi connectivity index (χ4n) is 1.56. The standard InChI is InChI=1S/C13H20N2O3S2/c1-13(2,9-16)15(3)20(17,18)11-6-4-10(5-7-11)8-12(14)19/h4-7,16H,8-9H2,1-3H3,(H2,14,19). The minimum Gasteiger partial charge on any atom is -0.394 e. The number of thiocarbonyl (C=S) groups is 1. The second-order valence-electron chi connectivity index (χ2n) is 5.23. The Balaban J connectivity index is 3.08. The van der Waals surface area contributed by atoms with Crippen molar-refractivity contribution in [3.63, 3.8) is 0 Å². The monoisotopic (exact) mass is 316 g/mol. The van der Waals surface area contributed by atoms with Crippen LogP contribution in [-0.4, -0.2) is 42.0 Å². The van der Waals surface area contributed by atoms with Crippen LogP contribution in [0.25, 0.3) is 0 Å². The second-order valence-corrected chi connectivity index (χ2v) is 7.72. The van der Waals surface area contributed by atoms with Crippen LogP contribution in [0, 0.1) is 0 Å². The van der Waals surface area contributed by atoms with Crippen molar-refractivity contribution in [2.45, 2.75) is 30.7 Å². The van der Waals surface area contributed by atoms with Gasteiger partial charge in [0, 0.05) is 13.5 Å². The minimum absolute atomic E-state index is 0.174. The summed E-state index contributed by atoms with van der Waals surface area (Å²) in [5.41, 5.74) is 5.45. The molecule has 1 aromatic rings. The van der Waals surface area contributed by atoms with E-state index in [9.17, 15) is 13.5 Å². The Morgan fingerprint density at radius 3 is 2.25 bits per heavy atom. The molecule has 0 radical (unpaired) electrons. The minimum atomic E-state index is -3.64. The number of nitrogens with zero attached hydrogens (tertiary/aromatic N) is 1. The Morgan fingerprint density at radius 1 is 1.35 bits per heavy atom. The van der Waals surface area contributed by atoms with Crippen LogP contribution >= 0.6 is 12.2 Å². The third-order valence-corrected chi connectivity index (χ3v) is 5.43. The van der Waals surface area contributed by atoms with E-state index < -0.39 is 15.6 Å². The molecule has 7 heteroatoms. The molecule has 0 aliphatic heterocycles. The lowest BCUT2D eigenvalue weighted by Gasteiger charge is -2.32. The third-order valence-electron chi connectivity index (χ3n) is 3.20. The van der Waals surface area contributed by atoms with Gasteiger partial charge in [-0.3, -0.25) is 0 Å². The zero-order chi connectivity index (χ0) is 15.6. The lowest BCUT2D eigenvalue weighted by molar-refractivity contribution is 0.138. The maximum Gasteiger partial charge on any atom is 0.243 e. The van der Waals surface area contributed by atoms with Crippen LogP contribution < -0.4 is 5.73 Å². The molecule has 20 heavy (non-hydrogen) atoms. The molecule has 0 fully saturated rings. The largest absolute Gasteiger partial charge is 0.394 e. The normalized spacial score (nSPS) is 12.7. The van der Waals surface area contributed by atoms with E-state index in [2.05, 4.69) is 0 Å². The zero-order valence-electron chi connectivity index (χ0n) is 11.8. The number of aliphatic hydroxyl groups is 1. The first-order chi connectivity index (χ1) is 9.11. The highest BCUT2D eigenvalue weighted by atomic mass is 32.2. The van der Waals surface area contributed by atoms with E-state index >= 15 is 0 Å². The predicted octanol–water partition coefficient (Wildman–Crippen LogP) is 0.907. The van der Waals surface area contributed by atoms with Crippen molar-refractivity contribution in [2.75, 3.05) is 13.7 Å². The van der Waals surface area contributed by atoms with Crippen LogP contribution in [0.2, 0.25) is 0 Å². The summed E-state index contributed by atoms with van der Waals surface area (Å²) in [6.07, 6.45) is 0.438. The highest BCUT2D eigenvalue weighted by Gasteiger charge is 2.33. The first-order valence-corrected chi connectivity index (χ1v) is 7.93. The van der Waals surface area contributed by atoms with Crippen molar-refractivity contribution in [1.29, 1.82) is 0 Å². The SMILES string of the molecule is CN(C(C)(C)CO)S(=O)(=O)c1ccc(CC(N)=S)cc1. The Hall–Kier alpha value is -1.02. The number of benzene rings is 1. The fraction of sp³-hybridized carbons (Fsp3) is 0.462. The third kappa shape index (κ3) is 3.76. The van der Waals surface area contributed by atoms with Crippen LogP contribution in [-0.2, 0) is 16.4 Å². The van der Waals surface area contributed by atoms with Crippen molar-refractivity contribution in [2.24, 2.45) is 5.73 Å². The van der Waals surface area contributed by atoms with E-state index in [4.69, 9.17) is 18.0 Å². The van der Waals surface area contributed by atoms with E-state index in [1.165, 1.54) is 23.5 Å². The number of aliphatic hydroxyl groups excluding tert-OH is 1. The molecule has 5 nitrogen and oxygen atoms in total. The number of sulfonamides is 1. The first-order valence-electron chi connectivity index (χ1n) is 6.08. The van der Waals surface area contributed by atoms with Crippen molar-refractivity contribution < 1.29 is 13.5 Å². The summed E-state index contributed by atoms with van der Waals surface area (Å²) in [4.78, 5) is 0.535. The average molecular weight is 316 g/mol.